The Hall–Kier alpha value is -0.0800. The summed E-state index contributed by atoms with van der Waals surface area (Å²) in [6.07, 6.45) is 6.43. The van der Waals surface area contributed by atoms with E-state index in [2.05, 4.69) is 39.9 Å². The molecule has 1 saturated carbocycles. The molecule has 1 unspecified atom stereocenters. The van der Waals surface area contributed by atoms with Gasteiger partial charge in [0.15, 0.2) is 0 Å². The van der Waals surface area contributed by atoms with Crippen molar-refractivity contribution in [3.05, 3.63) is 0 Å². The van der Waals surface area contributed by atoms with Gasteiger partial charge in [-0.05, 0) is 62.8 Å². The molecule has 0 bridgehead atoms. The third-order valence-electron chi connectivity index (χ3n) is 5.02. The van der Waals surface area contributed by atoms with Crippen molar-refractivity contribution >= 4 is 0 Å². The van der Waals surface area contributed by atoms with Crippen LogP contribution in [0.4, 0.5) is 0 Å². The minimum absolute atomic E-state index is 0.0825. The van der Waals surface area contributed by atoms with E-state index in [0.29, 0.717) is 5.41 Å². The Bertz CT molecular complexity index is 232. The Labute approximate surface area is 114 Å². The molecule has 0 aromatic carbocycles. The lowest BCUT2D eigenvalue weighted by Crippen LogP contribution is -2.47. The van der Waals surface area contributed by atoms with Crippen molar-refractivity contribution in [2.24, 2.45) is 17.3 Å². The first-order chi connectivity index (χ1) is 8.30. The van der Waals surface area contributed by atoms with Gasteiger partial charge in [0, 0.05) is 5.54 Å². The van der Waals surface area contributed by atoms with Gasteiger partial charge in [-0.25, -0.2) is 0 Å². The highest BCUT2D eigenvalue weighted by Gasteiger charge is 2.30. The summed E-state index contributed by atoms with van der Waals surface area (Å²) in [7, 11) is 0. The highest BCUT2D eigenvalue weighted by Crippen LogP contribution is 2.39. The topological polar surface area (TPSA) is 32.3 Å². The highest BCUT2D eigenvalue weighted by molar-refractivity contribution is 4.85. The lowest BCUT2D eigenvalue weighted by molar-refractivity contribution is 0.130. The molecule has 0 amide bonds. The fraction of sp³-hybridized carbons (Fsp3) is 1.00. The van der Waals surface area contributed by atoms with Crippen LogP contribution in [0.25, 0.3) is 0 Å². The fourth-order valence-electron chi connectivity index (χ4n) is 2.92. The van der Waals surface area contributed by atoms with Crippen molar-refractivity contribution in [1.29, 1.82) is 0 Å². The molecule has 0 aliphatic heterocycles. The van der Waals surface area contributed by atoms with Crippen LogP contribution < -0.4 is 5.32 Å². The zero-order valence-corrected chi connectivity index (χ0v) is 13.1. The van der Waals surface area contributed by atoms with E-state index in [4.69, 9.17) is 0 Å². The lowest BCUT2D eigenvalue weighted by atomic mass is 9.70. The van der Waals surface area contributed by atoms with Gasteiger partial charge in [0.05, 0.1) is 6.61 Å². The Balaban J connectivity index is 2.32. The lowest BCUT2D eigenvalue weighted by Gasteiger charge is -2.38. The maximum absolute atomic E-state index is 9.40. The third-order valence-corrected chi connectivity index (χ3v) is 5.02. The average Bonchev–Trinajstić information content (AvgIpc) is 2.35. The summed E-state index contributed by atoms with van der Waals surface area (Å²) in [6.45, 7) is 12.7. The first-order valence-electron chi connectivity index (χ1n) is 7.66. The van der Waals surface area contributed by atoms with Crippen molar-refractivity contribution in [2.75, 3.05) is 13.2 Å². The van der Waals surface area contributed by atoms with Gasteiger partial charge in [-0.15, -0.1) is 0 Å². The van der Waals surface area contributed by atoms with E-state index in [1.807, 2.05) is 0 Å². The van der Waals surface area contributed by atoms with E-state index in [-0.39, 0.29) is 12.1 Å². The molecule has 1 fully saturated rings. The molecule has 0 aromatic rings. The monoisotopic (exact) mass is 255 g/mol. The molecule has 0 aromatic heterocycles. The molecule has 0 radical (unpaired) electrons. The van der Waals surface area contributed by atoms with Gasteiger partial charge in [0.1, 0.15) is 0 Å². The SMILES string of the molecule is CCC(C)(CO)NCC1CCC(C(C)(C)C)CC1. The molecular formula is C16H33NO. The number of aliphatic hydroxyl groups is 1. The second-order valence-corrected chi connectivity index (χ2v) is 7.54. The molecule has 0 spiro atoms. The van der Waals surface area contributed by atoms with Crippen LogP contribution in [0.2, 0.25) is 0 Å². The normalized spacial score (nSPS) is 29.0. The second kappa shape index (κ2) is 6.38. The predicted molar refractivity (Wildman–Crippen MR) is 78.7 cm³/mol. The van der Waals surface area contributed by atoms with Gasteiger partial charge < -0.3 is 10.4 Å². The minimum Gasteiger partial charge on any atom is -0.394 e. The van der Waals surface area contributed by atoms with Crippen LogP contribution in [0.3, 0.4) is 0 Å². The van der Waals surface area contributed by atoms with E-state index in [1.54, 1.807) is 0 Å². The van der Waals surface area contributed by atoms with Crippen LogP contribution in [-0.2, 0) is 0 Å². The van der Waals surface area contributed by atoms with Crippen molar-refractivity contribution in [2.45, 2.75) is 72.3 Å². The van der Waals surface area contributed by atoms with Crippen LogP contribution in [-0.4, -0.2) is 23.8 Å². The summed E-state index contributed by atoms with van der Waals surface area (Å²) >= 11 is 0. The Morgan fingerprint density at radius 3 is 2.00 bits per heavy atom. The smallest absolute Gasteiger partial charge is 0.0610 e. The minimum atomic E-state index is -0.0825. The number of rotatable bonds is 5. The van der Waals surface area contributed by atoms with Crippen molar-refractivity contribution < 1.29 is 5.11 Å². The molecule has 2 heteroatoms. The summed E-state index contributed by atoms with van der Waals surface area (Å²) in [5.41, 5.74) is 0.391. The van der Waals surface area contributed by atoms with E-state index in [9.17, 15) is 5.11 Å². The van der Waals surface area contributed by atoms with Gasteiger partial charge in [-0.2, -0.15) is 0 Å². The molecule has 0 saturated heterocycles. The third kappa shape index (κ3) is 4.55. The molecule has 1 rings (SSSR count). The largest absolute Gasteiger partial charge is 0.394 e. The number of aliphatic hydroxyl groups excluding tert-OH is 1. The second-order valence-electron chi connectivity index (χ2n) is 7.54. The molecule has 1 aliphatic carbocycles. The summed E-state index contributed by atoms with van der Waals surface area (Å²) < 4.78 is 0. The zero-order chi connectivity index (χ0) is 13.8. The van der Waals surface area contributed by atoms with E-state index >= 15 is 0 Å². The van der Waals surface area contributed by atoms with Gasteiger partial charge in [-0.1, -0.05) is 27.7 Å². The van der Waals surface area contributed by atoms with Crippen molar-refractivity contribution in [3.8, 4) is 0 Å². The van der Waals surface area contributed by atoms with Crippen molar-refractivity contribution in [3.63, 3.8) is 0 Å². The molecule has 18 heavy (non-hydrogen) atoms. The predicted octanol–water partition coefficient (Wildman–Crippen LogP) is 3.59. The van der Waals surface area contributed by atoms with Gasteiger partial charge in [0.25, 0.3) is 0 Å². The molecule has 2 N–H and O–H groups in total. The molecular weight excluding hydrogens is 222 g/mol. The quantitative estimate of drug-likeness (QED) is 0.787. The van der Waals surface area contributed by atoms with Crippen LogP contribution >= 0.6 is 0 Å². The maximum atomic E-state index is 9.40. The highest BCUT2D eigenvalue weighted by atomic mass is 16.3. The average molecular weight is 255 g/mol. The van der Waals surface area contributed by atoms with E-state index < -0.39 is 0 Å². The number of hydrogen-bond donors (Lipinski definition) is 2. The molecule has 0 heterocycles. The summed E-state index contributed by atoms with van der Waals surface area (Å²) in [5.74, 6) is 1.70. The van der Waals surface area contributed by atoms with Gasteiger partial charge in [0.2, 0.25) is 0 Å². The Morgan fingerprint density at radius 2 is 1.61 bits per heavy atom. The first kappa shape index (κ1) is 16.0. The molecule has 1 aliphatic rings. The summed E-state index contributed by atoms with van der Waals surface area (Å²) in [6, 6.07) is 0. The zero-order valence-electron chi connectivity index (χ0n) is 13.1. The van der Waals surface area contributed by atoms with Crippen molar-refractivity contribution in [1.82, 2.24) is 5.32 Å². The van der Waals surface area contributed by atoms with Crippen LogP contribution in [0.5, 0.6) is 0 Å². The molecule has 1 atom stereocenters. The standard InChI is InChI=1S/C16H33NO/c1-6-16(5,12-18)17-11-13-7-9-14(10-8-13)15(2,3)4/h13-14,17-18H,6-12H2,1-5H3. The first-order valence-corrected chi connectivity index (χ1v) is 7.66. The molecule has 2 nitrogen and oxygen atoms in total. The summed E-state index contributed by atoms with van der Waals surface area (Å²) in [4.78, 5) is 0. The van der Waals surface area contributed by atoms with E-state index in [1.165, 1.54) is 25.7 Å². The number of nitrogens with one attached hydrogen (secondary N) is 1. The van der Waals surface area contributed by atoms with Gasteiger partial charge >= 0.3 is 0 Å². The van der Waals surface area contributed by atoms with Crippen LogP contribution in [0.15, 0.2) is 0 Å². The fourth-order valence-corrected chi connectivity index (χ4v) is 2.92. The van der Waals surface area contributed by atoms with Gasteiger partial charge in [-0.3, -0.25) is 0 Å². The van der Waals surface area contributed by atoms with Crippen LogP contribution in [0.1, 0.15) is 66.7 Å². The Kier molecular flexibility index (Phi) is 5.67. The maximum Gasteiger partial charge on any atom is 0.0610 e. The van der Waals surface area contributed by atoms with E-state index in [0.717, 1.165) is 24.8 Å². The van der Waals surface area contributed by atoms with Crippen LogP contribution in [0, 0.1) is 17.3 Å². The molecule has 108 valence electrons. The number of hydrogen-bond acceptors (Lipinski definition) is 2. The Morgan fingerprint density at radius 1 is 1.06 bits per heavy atom. The summed E-state index contributed by atoms with van der Waals surface area (Å²) in [5, 5.41) is 13.0.